The zero-order valence-corrected chi connectivity index (χ0v) is 14.2. The lowest BCUT2D eigenvalue weighted by molar-refractivity contribution is -0.132. The normalized spacial score (nSPS) is 23.9. The topological polar surface area (TPSA) is 32.3 Å². The molecule has 3 nitrogen and oxygen atoms in total. The quantitative estimate of drug-likeness (QED) is 0.877. The van der Waals surface area contributed by atoms with Crippen LogP contribution in [0.4, 0.5) is 0 Å². The highest BCUT2D eigenvalue weighted by atomic mass is 32.2. The van der Waals surface area contributed by atoms with Gasteiger partial charge in [0.25, 0.3) is 0 Å². The molecule has 1 aromatic carbocycles. The molecule has 1 heterocycles. The van der Waals surface area contributed by atoms with E-state index in [1.54, 1.807) is 11.8 Å². The molecule has 1 aromatic rings. The van der Waals surface area contributed by atoms with Gasteiger partial charge < -0.3 is 4.90 Å². The van der Waals surface area contributed by atoms with E-state index in [9.17, 15) is 4.79 Å². The third-order valence-corrected chi connectivity index (χ3v) is 4.84. The first-order valence-corrected chi connectivity index (χ1v) is 9.05. The van der Waals surface area contributed by atoms with Crippen molar-refractivity contribution in [1.82, 2.24) is 10.2 Å². The van der Waals surface area contributed by atoms with Crippen LogP contribution in [0, 0.1) is 5.92 Å². The molecule has 1 aliphatic rings. The summed E-state index contributed by atoms with van der Waals surface area (Å²) in [4.78, 5) is 14.9. The van der Waals surface area contributed by atoms with E-state index in [-0.39, 0.29) is 24.2 Å². The molecule has 1 fully saturated rings. The summed E-state index contributed by atoms with van der Waals surface area (Å²) in [5.74, 6) is 1.65. The van der Waals surface area contributed by atoms with Crippen molar-refractivity contribution in [2.45, 2.75) is 45.4 Å². The molecule has 0 saturated carbocycles. The van der Waals surface area contributed by atoms with Crippen molar-refractivity contribution in [2.75, 3.05) is 12.0 Å². The lowest BCUT2D eigenvalue weighted by Gasteiger charge is -2.32. The predicted octanol–water partition coefficient (Wildman–Crippen LogP) is 2.76. The van der Waals surface area contributed by atoms with Crippen LogP contribution in [0.2, 0.25) is 0 Å². The van der Waals surface area contributed by atoms with Crippen LogP contribution in [-0.2, 0) is 11.2 Å². The van der Waals surface area contributed by atoms with Gasteiger partial charge in [-0.25, -0.2) is 0 Å². The van der Waals surface area contributed by atoms with E-state index >= 15 is 0 Å². The molecule has 1 aliphatic heterocycles. The Bertz CT molecular complexity index is 463. The lowest BCUT2D eigenvalue weighted by atomic mass is 10.1. The van der Waals surface area contributed by atoms with Gasteiger partial charge in [0, 0.05) is 11.8 Å². The minimum Gasteiger partial charge on any atom is -0.322 e. The Morgan fingerprint density at radius 3 is 2.48 bits per heavy atom. The van der Waals surface area contributed by atoms with Crippen LogP contribution < -0.4 is 5.32 Å². The van der Waals surface area contributed by atoms with E-state index in [0.29, 0.717) is 5.92 Å². The number of nitrogens with one attached hydrogen (secondary N) is 1. The van der Waals surface area contributed by atoms with Crippen LogP contribution in [-0.4, -0.2) is 41.1 Å². The summed E-state index contributed by atoms with van der Waals surface area (Å²) < 4.78 is 0. The molecule has 3 atom stereocenters. The first kappa shape index (κ1) is 16.4. The number of amides is 1. The van der Waals surface area contributed by atoms with Crippen LogP contribution in [0.5, 0.6) is 0 Å². The molecule has 0 bridgehead atoms. The Morgan fingerprint density at radius 1 is 1.24 bits per heavy atom. The molecule has 0 radical (unpaired) electrons. The van der Waals surface area contributed by atoms with Crippen molar-refractivity contribution in [3.8, 4) is 0 Å². The van der Waals surface area contributed by atoms with E-state index in [1.807, 2.05) is 18.2 Å². The van der Waals surface area contributed by atoms with Crippen LogP contribution in [0.25, 0.3) is 0 Å². The molecule has 3 unspecified atom stereocenters. The Kier molecular flexibility index (Phi) is 5.71. The molecule has 0 spiro atoms. The van der Waals surface area contributed by atoms with Gasteiger partial charge in [-0.1, -0.05) is 44.2 Å². The monoisotopic (exact) mass is 306 g/mol. The minimum atomic E-state index is -0.0934. The first-order valence-electron chi connectivity index (χ1n) is 7.65. The number of thioether (sulfide) groups is 1. The number of benzene rings is 1. The molecule has 4 heteroatoms. The molecule has 21 heavy (non-hydrogen) atoms. The van der Waals surface area contributed by atoms with Crippen molar-refractivity contribution in [3.63, 3.8) is 0 Å². The van der Waals surface area contributed by atoms with Crippen LogP contribution >= 0.6 is 11.8 Å². The molecular weight excluding hydrogens is 280 g/mol. The van der Waals surface area contributed by atoms with E-state index < -0.39 is 0 Å². The minimum absolute atomic E-state index is 0.0934. The summed E-state index contributed by atoms with van der Waals surface area (Å²) in [7, 11) is 0. The summed E-state index contributed by atoms with van der Waals surface area (Å²) in [5, 5.41) is 3.55. The van der Waals surface area contributed by atoms with Crippen molar-refractivity contribution in [2.24, 2.45) is 5.92 Å². The van der Waals surface area contributed by atoms with E-state index in [0.717, 1.165) is 12.2 Å². The summed E-state index contributed by atoms with van der Waals surface area (Å²) in [6.45, 7) is 6.50. The molecular formula is C17H26N2OS. The number of carbonyl (C=O) groups excluding carboxylic acids is 1. The van der Waals surface area contributed by atoms with Gasteiger partial charge in [-0.3, -0.25) is 10.1 Å². The number of carbonyl (C=O) groups is 1. The molecule has 1 N–H and O–H groups in total. The molecule has 2 rings (SSSR count). The second kappa shape index (κ2) is 7.32. The standard InChI is InChI=1S/C17H26N2OS/c1-12(2)16-18-15(10-14-8-6-5-7-9-14)17(20)19(16)13(3)11-21-4/h5-9,12-13,15-16,18H,10-11H2,1-4H3. The predicted molar refractivity (Wildman–Crippen MR) is 90.4 cm³/mol. The highest BCUT2D eigenvalue weighted by molar-refractivity contribution is 7.98. The summed E-state index contributed by atoms with van der Waals surface area (Å²) >= 11 is 1.80. The summed E-state index contributed by atoms with van der Waals surface area (Å²) in [6.07, 6.45) is 3.01. The fourth-order valence-electron chi connectivity index (χ4n) is 3.00. The molecule has 116 valence electrons. The van der Waals surface area contributed by atoms with Crippen LogP contribution in [0.1, 0.15) is 26.3 Å². The van der Waals surface area contributed by atoms with Gasteiger partial charge in [-0.2, -0.15) is 11.8 Å². The lowest BCUT2D eigenvalue weighted by Crippen LogP contribution is -2.47. The largest absolute Gasteiger partial charge is 0.322 e. The Labute approximate surface area is 132 Å². The van der Waals surface area contributed by atoms with E-state index in [4.69, 9.17) is 0 Å². The number of hydrogen-bond donors (Lipinski definition) is 1. The van der Waals surface area contributed by atoms with Crippen molar-refractivity contribution in [1.29, 1.82) is 0 Å². The summed E-state index contributed by atoms with van der Waals surface area (Å²) in [5.41, 5.74) is 1.21. The SMILES string of the molecule is CSCC(C)N1C(=O)C(Cc2ccccc2)NC1C(C)C. The molecule has 1 saturated heterocycles. The second-order valence-electron chi connectivity index (χ2n) is 6.15. The molecule has 1 amide bonds. The Balaban J connectivity index is 2.13. The Hall–Kier alpha value is -1.00. The number of nitrogens with zero attached hydrogens (tertiary/aromatic N) is 1. The smallest absolute Gasteiger partial charge is 0.241 e. The summed E-state index contributed by atoms with van der Waals surface area (Å²) in [6, 6.07) is 10.4. The maximum Gasteiger partial charge on any atom is 0.241 e. The van der Waals surface area contributed by atoms with Gasteiger partial charge in [-0.05, 0) is 31.1 Å². The van der Waals surface area contributed by atoms with Gasteiger partial charge in [-0.15, -0.1) is 0 Å². The fraction of sp³-hybridized carbons (Fsp3) is 0.588. The van der Waals surface area contributed by atoms with E-state index in [1.165, 1.54) is 5.56 Å². The average Bonchev–Trinajstić information content (AvgIpc) is 2.78. The average molecular weight is 306 g/mol. The van der Waals surface area contributed by atoms with Gasteiger partial charge in [0.05, 0.1) is 12.2 Å². The van der Waals surface area contributed by atoms with Crippen LogP contribution in [0.15, 0.2) is 30.3 Å². The fourth-order valence-corrected chi connectivity index (χ4v) is 3.64. The van der Waals surface area contributed by atoms with Crippen molar-refractivity contribution in [3.05, 3.63) is 35.9 Å². The van der Waals surface area contributed by atoms with Crippen molar-refractivity contribution >= 4 is 17.7 Å². The maximum atomic E-state index is 12.8. The van der Waals surface area contributed by atoms with E-state index in [2.05, 4.69) is 49.4 Å². The van der Waals surface area contributed by atoms with Gasteiger partial charge in [0.15, 0.2) is 0 Å². The maximum absolute atomic E-state index is 12.8. The highest BCUT2D eigenvalue weighted by Crippen LogP contribution is 2.23. The van der Waals surface area contributed by atoms with Crippen molar-refractivity contribution < 1.29 is 4.79 Å². The van der Waals surface area contributed by atoms with Crippen LogP contribution in [0.3, 0.4) is 0 Å². The second-order valence-corrected chi connectivity index (χ2v) is 7.06. The third-order valence-electron chi connectivity index (χ3n) is 4.02. The zero-order valence-electron chi connectivity index (χ0n) is 13.4. The third kappa shape index (κ3) is 3.80. The Morgan fingerprint density at radius 2 is 1.90 bits per heavy atom. The zero-order chi connectivity index (χ0) is 15.4. The molecule has 0 aliphatic carbocycles. The molecule has 0 aromatic heterocycles. The first-order chi connectivity index (χ1) is 10.0. The number of hydrogen-bond acceptors (Lipinski definition) is 3. The van der Waals surface area contributed by atoms with Gasteiger partial charge in [0.1, 0.15) is 0 Å². The number of rotatable bonds is 6. The van der Waals surface area contributed by atoms with Gasteiger partial charge in [0.2, 0.25) is 5.91 Å². The van der Waals surface area contributed by atoms with Gasteiger partial charge >= 0.3 is 0 Å². The highest BCUT2D eigenvalue weighted by Gasteiger charge is 2.42.